The Balaban J connectivity index is 2.82. The SMILES string of the molecule is CCCC[NH+](CC(C)CCC)c1ccc(F)cc1F. The quantitative estimate of drug-likeness (QED) is 0.734. The number of hydrogen-bond acceptors (Lipinski definition) is 0. The van der Waals surface area contributed by atoms with Crippen LogP contribution in [0.1, 0.15) is 46.5 Å². The summed E-state index contributed by atoms with van der Waals surface area (Å²) in [5.74, 6) is -0.367. The van der Waals surface area contributed by atoms with E-state index in [0.29, 0.717) is 11.6 Å². The van der Waals surface area contributed by atoms with Crippen molar-refractivity contribution in [1.29, 1.82) is 0 Å². The molecule has 3 heteroatoms. The highest BCUT2D eigenvalue weighted by molar-refractivity contribution is 5.31. The smallest absolute Gasteiger partial charge is 0.186 e. The first kappa shape index (κ1) is 16.1. The Kier molecular flexibility index (Phi) is 7.00. The molecular formula is C16H26F2N+. The van der Waals surface area contributed by atoms with Crippen molar-refractivity contribution in [2.75, 3.05) is 13.1 Å². The largest absolute Gasteiger partial charge is 0.300 e. The molecule has 0 aliphatic carbocycles. The average Bonchev–Trinajstić information content (AvgIpc) is 2.35. The highest BCUT2D eigenvalue weighted by Gasteiger charge is 2.19. The van der Waals surface area contributed by atoms with Crippen LogP contribution in [0.25, 0.3) is 0 Å². The number of hydrogen-bond donors (Lipinski definition) is 1. The van der Waals surface area contributed by atoms with Crippen LogP contribution in [0.3, 0.4) is 0 Å². The van der Waals surface area contributed by atoms with Crippen LogP contribution in [0, 0.1) is 17.6 Å². The second-order valence-electron chi connectivity index (χ2n) is 5.43. The molecule has 0 heterocycles. The Morgan fingerprint density at radius 2 is 1.89 bits per heavy atom. The van der Waals surface area contributed by atoms with E-state index in [-0.39, 0.29) is 0 Å². The van der Waals surface area contributed by atoms with Crippen molar-refractivity contribution >= 4 is 5.69 Å². The molecule has 0 radical (unpaired) electrons. The maximum absolute atomic E-state index is 13.9. The molecule has 1 nitrogen and oxygen atoms in total. The third-order valence-electron chi connectivity index (χ3n) is 3.52. The molecule has 0 spiro atoms. The lowest BCUT2D eigenvalue weighted by Gasteiger charge is -2.22. The van der Waals surface area contributed by atoms with E-state index in [2.05, 4.69) is 20.8 Å². The van der Waals surface area contributed by atoms with Crippen LogP contribution in [-0.4, -0.2) is 13.1 Å². The van der Waals surface area contributed by atoms with Gasteiger partial charge in [0, 0.05) is 18.1 Å². The van der Waals surface area contributed by atoms with Gasteiger partial charge < -0.3 is 0 Å². The molecule has 1 rings (SSSR count). The lowest BCUT2D eigenvalue weighted by atomic mass is 10.0. The van der Waals surface area contributed by atoms with E-state index < -0.39 is 11.6 Å². The summed E-state index contributed by atoms with van der Waals surface area (Å²) >= 11 is 0. The summed E-state index contributed by atoms with van der Waals surface area (Å²) in [6.45, 7) is 8.33. The minimum atomic E-state index is -0.502. The fraction of sp³-hybridized carbons (Fsp3) is 0.625. The van der Waals surface area contributed by atoms with Gasteiger partial charge in [-0.3, -0.25) is 4.90 Å². The number of unbranched alkanes of at least 4 members (excludes halogenated alkanes) is 1. The Morgan fingerprint density at radius 3 is 2.47 bits per heavy atom. The molecule has 2 unspecified atom stereocenters. The van der Waals surface area contributed by atoms with Gasteiger partial charge in [0.2, 0.25) is 0 Å². The molecule has 0 amide bonds. The maximum atomic E-state index is 13.9. The zero-order chi connectivity index (χ0) is 14.3. The van der Waals surface area contributed by atoms with Crippen molar-refractivity contribution in [2.45, 2.75) is 46.5 Å². The van der Waals surface area contributed by atoms with Crippen molar-refractivity contribution in [3.05, 3.63) is 29.8 Å². The van der Waals surface area contributed by atoms with E-state index >= 15 is 0 Å². The molecule has 1 aromatic carbocycles. The summed E-state index contributed by atoms with van der Waals surface area (Å²) in [5.41, 5.74) is 0.609. The van der Waals surface area contributed by atoms with E-state index in [1.165, 1.54) is 6.07 Å². The van der Waals surface area contributed by atoms with E-state index in [9.17, 15) is 8.78 Å². The number of benzene rings is 1. The molecular weight excluding hydrogens is 244 g/mol. The Labute approximate surface area is 115 Å². The summed E-state index contributed by atoms with van der Waals surface area (Å²) in [5, 5.41) is 0. The third-order valence-corrected chi connectivity index (χ3v) is 3.52. The predicted octanol–water partition coefficient (Wildman–Crippen LogP) is 3.72. The highest BCUT2D eigenvalue weighted by Crippen LogP contribution is 2.12. The van der Waals surface area contributed by atoms with Gasteiger partial charge in [-0.15, -0.1) is 0 Å². The van der Waals surface area contributed by atoms with E-state index in [0.717, 1.165) is 49.7 Å². The zero-order valence-electron chi connectivity index (χ0n) is 12.3. The molecule has 2 atom stereocenters. The van der Waals surface area contributed by atoms with Crippen LogP contribution in [0.4, 0.5) is 14.5 Å². The monoisotopic (exact) mass is 270 g/mol. The summed E-state index contributed by atoms with van der Waals surface area (Å²) in [6.07, 6.45) is 4.45. The molecule has 0 saturated carbocycles. The molecule has 1 N–H and O–H groups in total. The third kappa shape index (κ3) is 5.27. The van der Waals surface area contributed by atoms with E-state index in [4.69, 9.17) is 0 Å². The lowest BCUT2D eigenvalue weighted by Crippen LogP contribution is -3.08. The molecule has 0 saturated heterocycles. The van der Waals surface area contributed by atoms with Gasteiger partial charge in [-0.05, 0) is 18.9 Å². The molecule has 19 heavy (non-hydrogen) atoms. The van der Waals surface area contributed by atoms with Gasteiger partial charge in [-0.25, -0.2) is 8.78 Å². The van der Waals surface area contributed by atoms with Gasteiger partial charge in [0.15, 0.2) is 11.5 Å². The van der Waals surface area contributed by atoms with Crippen molar-refractivity contribution in [3.8, 4) is 0 Å². The first-order chi connectivity index (χ1) is 9.08. The maximum Gasteiger partial charge on any atom is 0.186 e. The lowest BCUT2D eigenvalue weighted by molar-refractivity contribution is -0.838. The summed E-state index contributed by atoms with van der Waals surface area (Å²) < 4.78 is 26.9. The van der Waals surface area contributed by atoms with Gasteiger partial charge in [0.25, 0.3) is 0 Å². The summed E-state index contributed by atoms with van der Waals surface area (Å²) in [6, 6.07) is 3.94. The molecule has 0 bridgehead atoms. The molecule has 0 aliphatic rings. The van der Waals surface area contributed by atoms with Gasteiger partial charge in [0.1, 0.15) is 5.82 Å². The second kappa shape index (κ2) is 8.26. The topological polar surface area (TPSA) is 4.44 Å². The van der Waals surface area contributed by atoms with Crippen molar-refractivity contribution < 1.29 is 13.7 Å². The molecule has 0 fully saturated rings. The second-order valence-corrected chi connectivity index (χ2v) is 5.43. The Morgan fingerprint density at radius 1 is 1.16 bits per heavy atom. The van der Waals surface area contributed by atoms with E-state index in [1.54, 1.807) is 6.07 Å². The van der Waals surface area contributed by atoms with Gasteiger partial charge in [0.05, 0.1) is 13.1 Å². The van der Waals surface area contributed by atoms with Crippen LogP contribution in [-0.2, 0) is 0 Å². The molecule has 1 aromatic rings. The normalized spacial score (nSPS) is 14.4. The van der Waals surface area contributed by atoms with Crippen molar-refractivity contribution in [2.24, 2.45) is 5.92 Å². The van der Waals surface area contributed by atoms with Crippen LogP contribution >= 0.6 is 0 Å². The Hall–Kier alpha value is -0.960. The molecule has 0 aliphatic heterocycles. The van der Waals surface area contributed by atoms with E-state index in [1.807, 2.05) is 0 Å². The van der Waals surface area contributed by atoms with Gasteiger partial charge in [-0.1, -0.05) is 33.6 Å². The van der Waals surface area contributed by atoms with Crippen LogP contribution < -0.4 is 4.90 Å². The molecule has 0 aromatic heterocycles. The van der Waals surface area contributed by atoms with Crippen LogP contribution in [0.2, 0.25) is 0 Å². The van der Waals surface area contributed by atoms with Crippen LogP contribution in [0.5, 0.6) is 0 Å². The zero-order valence-corrected chi connectivity index (χ0v) is 12.3. The minimum absolute atomic E-state index is 0.421. The highest BCUT2D eigenvalue weighted by atomic mass is 19.1. The van der Waals surface area contributed by atoms with Gasteiger partial charge in [-0.2, -0.15) is 0 Å². The number of quaternary nitrogens is 1. The average molecular weight is 270 g/mol. The van der Waals surface area contributed by atoms with Crippen molar-refractivity contribution in [3.63, 3.8) is 0 Å². The standard InChI is InChI=1S/C16H25F2N/c1-4-6-10-19(12-13(3)7-5-2)16-9-8-14(17)11-15(16)18/h8-9,11,13H,4-7,10,12H2,1-3H3/p+1. The van der Waals surface area contributed by atoms with Gasteiger partial charge >= 0.3 is 0 Å². The van der Waals surface area contributed by atoms with Crippen molar-refractivity contribution in [1.82, 2.24) is 0 Å². The predicted molar refractivity (Wildman–Crippen MR) is 75.7 cm³/mol. The molecule has 108 valence electrons. The number of nitrogens with one attached hydrogen (secondary N) is 1. The fourth-order valence-corrected chi connectivity index (χ4v) is 2.53. The number of halogens is 2. The van der Waals surface area contributed by atoms with Crippen LogP contribution in [0.15, 0.2) is 18.2 Å². The Bertz CT molecular complexity index is 379. The first-order valence-electron chi connectivity index (χ1n) is 7.38. The number of rotatable bonds is 8. The summed E-state index contributed by atoms with van der Waals surface area (Å²) in [7, 11) is 0. The summed E-state index contributed by atoms with van der Waals surface area (Å²) in [4.78, 5) is 1.14. The fourth-order valence-electron chi connectivity index (χ4n) is 2.53. The minimum Gasteiger partial charge on any atom is -0.300 e. The first-order valence-corrected chi connectivity index (χ1v) is 7.38.